The number of aromatic nitrogens is 3. The van der Waals surface area contributed by atoms with Crippen molar-refractivity contribution in [1.82, 2.24) is 14.5 Å². The number of nitrogens with one attached hydrogen (secondary N) is 1. The van der Waals surface area contributed by atoms with Crippen molar-refractivity contribution in [3.8, 4) is 0 Å². The van der Waals surface area contributed by atoms with Gasteiger partial charge in [-0.25, -0.2) is 4.98 Å². The van der Waals surface area contributed by atoms with Crippen molar-refractivity contribution in [2.75, 3.05) is 13.7 Å². The number of unbranched alkanes of at least 4 members (excludes halogenated alkanes) is 2. The lowest BCUT2D eigenvalue weighted by atomic mass is 10.2. The molecule has 98 valence electrons. The number of hydrogen-bond acceptors (Lipinski definition) is 3. The van der Waals surface area contributed by atoms with Crippen LogP contribution in [0.2, 0.25) is 5.02 Å². The summed E-state index contributed by atoms with van der Waals surface area (Å²) >= 11 is 11.2. The number of halogens is 1. The Morgan fingerprint density at radius 1 is 1.44 bits per heavy atom. The van der Waals surface area contributed by atoms with Crippen molar-refractivity contribution in [3.63, 3.8) is 0 Å². The van der Waals surface area contributed by atoms with Crippen LogP contribution in [0.4, 0.5) is 0 Å². The lowest BCUT2D eigenvalue weighted by Gasteiger charge is -2.03. The van der Waals surface area contributed by atoms with Gasteiger partial charge in [-0.05, 0) is 37.5 Å². The Labute approximate surface area is 116 Å². The molecule has 0 amide bonds. The predicted octanol–water partition coefficient (Wildman–Crippen LogP) is 3.56. The zero-order valence-electron chi connectivity index (χ0n) is 10.3. The number of pyridine rings is 1. The number of aryl methyl sites for hydroxylation is 1. The minimum atomic E-state index is 0.617. The molecular weight excluding hydrogens is 270 g/mol. The molecule has 4 nitrogen and oxygen atoms in total. The molecule has 6 heteroatoms. The van der Waals surface area contributed by atoms with Gasteiger partial charge in [0.15, 0.2) is 10.4 Å². The van der Waals surface area contributed by atoms with Crippen LogP contribution in [0.5, 0.6) is 0 Å². The van der Waals surface area contributed by atoms with E-state index in [-0.39, 0.29) is 0 Å². The fraction of sp³-hybridized carbons (Fsp3) is 0.500. The third-order valence-electron chi connectivity index (χ3n) is 2.81. The highest BCUT2D eigenvalue weighted by molar-refractivity contribution is 7.71. The van der Waals surface area contributed by atoms with E-state index < -0.39 is 0 Å². The van der Waals surface area contributed by atoms with E-state index in [1.807, 2.05) is 10.6 Å². The largest absolute Gasteiger partial charge is 0.385 e. The fourth-order valence-corrected chi connectivity index (χ4v) is 2.36. The molecule has 0 fully saturated rings. The molecule has 0 saturated carbocycles. The van der Waals surface area contributed by atoms with Gasteiger partial charge in [-0.2, -0.15) is 0 Å². The first-order chi connectivity index (χ1) is 8.72. The first kappa shape index (κ1) is 13.5. The van der Waals surface area contributed by atoms with Gasteiger partial charge in [-0.3, -0.25) is 0 Å². The molecule has 1 N–H and O–H groups in total. The van der Waals surface area contributed by atoms with Gasteiger partial charge in [0.2, 0.25) is 0 Å². The maximum atomic E-state index is 5.90. The van der Waals surface area contributed by atoms with E-state index in [1.165, 1.54) is 0 Å². The highest BCUT2D eigenvalue weighted by atomic mass is 35.5. The number of methoxy groups -OCH3 is 1. The van der Waals surface area contributed by atoms with Crippen LogP contribution < -0.4 is 0 Å². The summed E-state index contributed by atoms with van der Waals surface area (Å²) < 4.78 is 7.75. The van der Waals surface area contributed by atoms with Crippen molar-refractivity contribution in [2.24, 2.45) is 0 Å². The number of H-pyrrole nitrogens is 1. The quantitative estimate of drug-likeness (QED) is 0.652. The number of imidazole rings is 1. The molecule has 0 atom stereocenters. The summed E-state index contributed by atoms with van der Waals surface area (Å²) in [6.07, 6.45) is 4.91. The number of rotatable bonds is 6. The number of fused-ring (bicyclic) bond motifs is 1. The van der Waals surface area contributed by atoms with Crippen molar-refractivity contribution in [2.45, 2.75) is 25.8 Å². The first-order valence-electron chi connectivity index (χ1n) is 5.95. The molecule has 18 heavy (non-hydrogen) atoms. The monoisotopic (exact) mass is 285 g/mol. The smallest absolute Gasteiger partial charge is 0.179 e. The average molecular weight is 286 g/mol. The molecule has 0 aromatic carbocycles. The van der Waals surface area contributed by atoms with Gasteiger partial charge >= 0.3 is 0 Å². The fourth-order valence-electron chi connectivity index (χ4n) is 1.92. The van der Waals surface area contributed by atoms with Gasteiger partial charge in [0.05, 0.1) is 10.5 Å². The molecule has 0 radical (unpaired) electrons. The number of nitrogens with zero attached hydrogens (tertiary/aromatic N) is 2. The number of ether oxygens (including phenoxy) is 1. The highest BCUT2D eigenvalue weighted by Gasteiger charge is 2.05. The van der Waals surface area contributed by atoms with Crippen molar-refractivity contribution in [3.05, 3.63) is 22.1 Å². The zero-order valence-corrected chi connectivity index (χ0v) is 11.9. The first-order valence-corrected chi connectivity index (χ1v) is 6.74. The van der Waals surface area contributed by atoms with Crippen molar-refractivity contribution >= 4 is 35.0 Å². The van der Waals surface area contributed by atoms with Crippen LogP contribution in [0.1, 0.15) is 19.3 Å². The Hall–Kier alpha value is -0.910. The topological polar surface area (TPSA) is 42.8 Å². The van der Waals surface area contributed by atoms with Crippen LogP contribution in [0.15, 0.2) is 12.3 Å². The van der Waals surface area contributed by atoms with E-state index in [1.54, 1.807) is 13.3 Å². The third kappa shape index (κ3) is 3.10. The van der Waals surface area contributed by atoms with E-state index in [0.29, 0.717) is 9.79 Å². The predicted molar refractivity (Wildman–Crippen MR) is 75.7 cm³/mol. The molecule has 2 aromatic heterocycles. The second kappa shape index (κ2) is 6.31. The summed E-state index contributed by atoms with van der Waals surface area (Å²) in [4.78, 5) is 7.45. The summed E-state index contributed by atoms with van der Waals surface area (Å²) in [6, 6.07) is 1.85. The maximum absolute atomic E-state index is 5.90. The standard InChI is InChI=1S/C12H16ClN3OS/c1-17-6-4-2-3-5-16-11-10(15-12(16)18)7-9(13)8-14-11/h7-8H,2-6H2,1H3,(H,15,18). The molecular formula is C12H16ClN3OS. The highest BCUT2D eigenvalue weighted by Crippen LogP contribution is 2.17. The average Bonchev–Trinajstić information content (AvgIpc) is 2.64. The molecule has 0 bridgehead atoms. The lowest BCUT2D eigenvalue weighted by molar-refractivity contribution is 0.191. The Morgan fingerprint density at radius 3 is 3.06 bits per heavy atom. The molecule has 2 rings (SSSR count). The van der Waals surface area contributed by atoms with E-state index >= 15 is 0 Å². The summed E-state index contributed by atoms with van der Waals surface area (Å²) in [6.45, 7) is 1.68. The summed E-state index contributed by atoms with van der Waals surface area (Å²) in [5.74, 6) is 0. The molecule has 0 aliphatic heterocycles. The minimum absolute atomic E-state index is 0.617. The van der Waals surface area contributed by atoms with Crippen LogP contribution in [-0.4, -0.2) is 28.3 Å². The van der Waals surface area contributed by atoms with Crippen LogP contribution in [0.25, 0.3) is 11.2 Å². The summed E-state index contributed by atoms with van der Waals surface area (Å²) in [7, 11) is 1.73. The number of aromatic amines is 1. The van der Waals surface area contributed by atoms with Crippen LogP contribution >= 0.6 is 23.8 Å². The normalized spacial score (nSPS) is 11.2. The van der Waals surface area contributed by atoms with Gasteiger partial charge in [-0.15, -0.1) is 0 Å². The number of hydrogen-bond donors (Lipinski definition) is 1. The molecule has 0 aliphatic rings. The Bertz CT molecular complexity index is 578. The van der Waals surface area contributed by atoms with E-state index in [4.69, 9.17) is 28.6 Å². The van der Waals surface area contributed by atoms with Crippen LogP contribution in [0.3, 0.4) is 0 Å². The molecule has 0 saturated heterocycles. The second-order valence-electron chi connectivity index (χ2n) is 4.16. The van der Waals surface area contributed by atoms with Crippen LogP contribution in [-0.2, 0) is 11.3 Å². The second-order valence-corrected chi connectivity index (χ2v) is 4.98. The van der Waals surface area contributed by atoms with Gasteiger partial charge in [0.1, 0.15) is 0 Å². The lowest BCUT2D eigenvalue weighted by Crippen LogP contribution is -2.00. The molecule has 2 aromatic rings. The zero-order chi connectivity index (χ0) is 13.0. The van der Waals surface area contributed by atoms with E-state index in [9.17, 15) is 0 Å². The molecule has 0 spiro atoms. The molecule has 2 heterocycles. The summed E-state index contributed by atoms with van der Waals surface area (Å²) in [5.41, 5.74) is 1.76. The molecule has 0 aliphatic carbocycles. The molecule has 0 unspecified atom stereocenters. The Balaban J connectivity index is 2.08. The van der Waals surface area contributed by atoms with Crippen LogP contribution in [0, 0.1) is 4.77 Å². The minimum Gasteiger partial charge on any atom is -0.385 e. The Morgan fingerprint density at radius 2 is 2.28 bits per heavy atom. The van der Waals surface area contributed by atoms with Crippen molar-refractivity contribution < 1.29 is 4.74 Å². The third-order valence-corrected chi connectivity index (χ3v) is 3.34. The van der Waals surface area contributed by atoms with Gasteiger partial charge in [0, 0.05) is 26.5 Å². The van der Waals surface area contributed by atoms with Gasteiger partial charge < -0.3 is 14.3 Å². The maximum Gasteiger partial charge on any atom is 0.179 e. The summed E-state index contributed by atoms with van der Waals surface area (Å²) in [5, 5.41) is 0.617. The van der Waals surface area contributed by atoms with Crippen molar-refractivity contribution in [1.29, 1.82) is 0 Å². The Kier molecular flexibility index (Phi) is 4.74. The van der Waals surface area contributed by atoms with Gasteiger partial charge in [0.25, 0.3) is 0 Å². The van der Waals surface area contributed by atoms with E-state index in [0.717, 1.165) is 43.6 Å². The van der Waals surface area contributed by atoms with Gasteiger partial charge in [-0.1, -0.05) is 11.6 Å². The van der Waals surface area contributed by atoms with E-state index in [2.05, 4.69) is 9.97 Å². The SMILES string of the molecule is COCCCCCn1c(=S)[nH]c2cc(Cl)cnc21.